The number of hydrogen-bond acceptors (Lipinski definition) is 2. The van der Waals surface area contributed by atoms with Gasteiger partial charge in [-0.25, -0.2) is 9.37 Å². The van der Waals surface area contributed by atoms with Crippen LogP contribution >= 0.6 is 15.9 Å². The van der Waals surface area contributed by atoms with Crippen LogP contribution in [0.3, 0.4) is 0 Å². The molecule has 0 aliphatic carbocycles. The largest absolute Gasteiger partial charge is 0.468 e. The summed E-state index contributed by atoms with van der Waals surface area (Å²) in [5, 5.41) is 0. The van der Waals surface area contributed by atoms with Crippen molar-refractivity contribution in [2.75, 3.05) is 0 Å². The number of hydrogen-bond donors (Lipinski definition) is 0. The van der Waals surface area contributed by atoms with Crippen LogP contribution in [-0.2, 0) is 0 Å². The average molecular weight is 296 g/mol. The highest BCUT2D eigenvalue weighted by Crippen LogP contribution is 2.23. The van der Waals surface area contributed by atoms with Gasteiger partial charge in [-0.05, 0) is 34.5 Å². The fourth-order valence-corrected chi connectivity index (χ4v) is 1.75. The first-order valence-corrected chi connectivity index (χ1v) is 5.99. The van der Waals surface area contributed by atoms with E-state index < -0.39 is 5.82 Å². The molecule has 0 radical (unpaired) electrons. The van der Waals surface area contributed by atoms with Crippen molar-refractivity contribution in [3.8, 4) is 5.88 Å². The highest BCUT2D eigenvalue weighted by atomic mass is 79.9. The SMILES string of the molecule is CC(Oc1ncc(Br)cc1F)c1ccccc1. The molecule has 0 fully saturated rings. The fourth-order valence-electron chi connectivity index (χ4n) is 1.45. The molecule has 2 aromatic rings. The van der Waals surface area contributed by atoms with Crippen molar-refractivity contribution >= 4 is 15.9 Å². The van der Waals surface area contributed by atoms with Crippen molar-refractivity contribution in [1.82, 2.24) is 4.98 Å². The zero-order chi connectivity index (χ0) is 12.3. The molecule has 1 aromatic carbocycles. The van der Waals surface area contributed by atoms with Gasteiger partial charge < -0.3 is 4.74 Å². The first kappa shape index (κ1) is 12.0. The maximum atomic E-state index is 13.5. The van der Waals surface area contributed by atoms with Gasteiger partial charge in [-0.15, -0.1) is 0 Å². The predicted molar refractivity (Wildman–Crippen MR) is 67.4 cm³/mol. The lowest BCUT2D eigenvalue weighted by Gasteiger charge is -2.14. The summed E-state index contributed by atoms with van der Waals surface area (Å²) in [7, 11) is 0. The molecule has 0 spiro atoms. The summed E-state index contributed by atoms with van der Waals surface area (Å²) in [6.07, 6.45) is 1.27. The standard InChI is InChI=1S/C13H11BrFNO/c1-9(10-5-3-2-4-6-10)17-13-12(15)7-11(14)8-16-13/h2-9H,1H3. The molecule has 1 heterocycles. The van der Waals surface area contributed by atoms with Crippen LogP contribution in [0, 0.1) is 5.82 Å². The first-order chi connectivity index (χ1) is 8.16. The van der Waals surface area contributed by atoms with Crippen LogP contribution in [-0.4, -0.2) is 4.98 Å². The third-order valence-corrected chi connectivity index (χ3v) is 2.77. The Morgan fingerprint density at radius 1 is 1.29 bits per heavy atom. The minimum atomic E-state index is -0.470. The topological polar surface area (TPSA) is 22.1 Å². The molecule has 0 N–H and O–H groups in total. The summed E-state index contributed by atoms with van der Waals surface area (Å²) in [4.78, 5) is 3.90. The van der Waals surface area contributed by atoms with E-state index in [1.807, 2.05) is 37.3 Å². The Morgan fingerprint density at radius 2 is 2.00 bits per heavy atom. The summed E-state index contributed by atoms with van der Waals surface area (Å²) in [6, 6.07) is 11.0. The maximum Gasteiger partial charge on any atom is 0.251 e. The van der Waals surface area contributed by atoms with E-state index in [1.54, 1.807) is 0 Å². The van der Waals surface area contributed by atoms with Gasteiger partial charge in [0, 0.05) is 10.7 Å². The van der Waals surface area contributed by atoms with Gasteiger partial charge >= 0.3 is 0 Å². The number of aromatic nitrogens is 1. The van der Waals surface area contributed by atoms with Crippen LogP contribution < -0.4 is 4.74 Å². The summed E-state index contributed by atoms with van der Waals surface area (Å²) in [6.45, 7) is 1.86. The number of nitrogens with zero attached hydrogens (tertiary/aromatic N) is 1. The van der Waals surface area contributed by atoms with E-state index in [1.165, 1.54) is 12.3 Å². The summed E-state index contributed by atoms with van der Waals surface area (Å²) < 4.78 is 19.6. The second kappa shape index (κ2) is 5.27. The Hall–Kier alpha value is -1.42. The van der Waals surface area contributed by atoms with Crippen LogP contribution in [0.4, 0.5) is 4.39 Å². The van der Waals surface area contributed by atoms with Gasteiger partial charge in [0.25, 0.3) is 5.88 Å². The highest BCUT2D eigenvalue weighted by Gasteiger charge is 2.11. The smallest absolute Gasteiger partial charge is 0.251 e. The lowest BCUT2D eigenvalue weighted by Crippen LogP contribution is -2.05. The van der Waals surface area contributed by atoms with Crippen molar-refractivity contribution in [3.05, 3.63) is 58.4 Å². The van der Waals surface area contributed by atoms with E-state index >= 15 is 0 Å². The van der Waals surface area contributed by atoms with E-state index in [9.17, 15) is 4.39 Å². The van der Waals surface area contributed by atoms with Gasteiger partial charge in [0.2, 0.25) is 0 Å². The van der Waals surface area contributed by atoms with Crippen molar-refractivity contribution < 1.29 is 9.13 Å². The minimum Gasteiger partial charge on any atom is -0.468 e. The molecule has 0 aliphatic rings. The average Bonchev–Trinajstić information content (AvgIpc) is 2.34. The Bertz CT molecular complexity index is 504. The molecule has 88 valence electrons. The molecular formula is C13H11BrFNO. The molecule has 0 saturated carbocycles. The van der Waals surface area contributed by atoms with E-state index in [0.717, 1.165) is 5.56 Å². The van der Waals surface area contributed by atoms with Crippen LogP contribution in [0.25, 0.3) is 0 Å². The Balaban J connectivity index is 2.16. The first-order valence-electron chi connectivity index (χ1n) is 5.19. The van der Waals surface area contributed by atoms with Crippen LogP contribution in [0.1, 0.15) is 18.6 Å². The van der Waals surface area contributed by atoms with Crippen molar-refractivity contribution in [2.24, 2.45) is 0 Å². The van der Waals surface area contributed by atoms with Crippen molar-refractivity contribution in [1.29, 1.82) is 0 Å². The molecule has 0 aliphatic heterocycles. The number of pyridine rings is 1. The van der Waals surface area contributed by atoms with Crippen LogP contribution in [0.2, 0.25) is 0 Å². The maximum absolute atomic E-state index is 13.5. The zero-order valence-electron chi connectivity index (χ0n) is 9.23. The molecule has 0 saturated heterocycles. The minimum absolute atomic E-state index is 0.0181. The Kier molecular flexibility index (Phi) is 3.74. The van der Waals surface area contributed by atoms with Gasteiger partial charge in [0.1, 0.15) is 6.10 Å². The molecular weight excluding hydrogens is 285 g/mol. The molecule has 0 amide bonds. The molecule has 4 heteroatoms. The van der Waals surface area contributed by atoms with Gasteiger partial charge in [-0.3, -0.25) is 0 Å². The number of halogens is 2. The summed E-state index contributed by atoms with van der Waals surface area (Å²) in [5.74, 6) is -0.452. The summed E-state index contributed by atoms with van der Waals surface area (Å²) >= 11 is 3.15. The second-order valence-electron chi connectivity index (χ2n) is 3.61. The van der Waals surface area contributed by atoms with Crippen LogP contribution in [0.5, 0.6) is 5.88 Å². The third-order valence-electron chi connectivity index (χ3n) is 2.33. The number of rotatable bonds is 3. The molecule has 1 atom stereocenters. The summed E-state index contributed by atoms with van der Waals surface area (Å²) in [5.41, 5.74) is 0.983. The fraction of sp³-hybridized carbons (Fsp3) is 0.154. The monoisotopic (exact) mass is 295 g/mol. The van der Waals surface area contributed by atoms with Crippen LogP contribution in [0.15, 0.2) is 47.1 Å². The second-order valence-corrected chi connectivity index (χ2v) is 4.53. The van der Waals surface area contributed by atoms with E-state index in [0.29, 0.717) is 4.47 Å². The molecule has 2 rings (SSSR count). The molecule has 1 unspecified atom stereocenters. The predicted octanol–water partition coefficient (Wildman–Crippen LogP) is 4.12. The highest BCUT2D eigenvalue weighted by molar-refractivity contribution is 9.10. The normalized spacial score (nSPS) is 12.2. The Morgan fingerprint density at radius 3 is 2.65 bits per heavy atom. The molecule has 0 bridgehead atoms. The number of ether oxygens (including phenoxy) is 1. The van der Waals surface area contributed by atoms with E-state index in [-0.39, 0.29) is 12.0 Å². The van der Waals surface area contributed by atoms with E-state index in [2.05, 4.69) is 20.9 Å². The zero-order valence-corrected chi connectivity index (χ0v) is 10.8. The third kappa shape index (κ3) is 3.03. The lowest BCUT2D eigenvalue weighted by molar-refractivity contribution is 0.206. The van der Waals surface area contributed by atoms with E-state index in [4.69, 9.17) is 4.74 Å². The lowest BCUT2D eigenvalue weighted by atomic mass is 10.1. The van der Waals surface area contributed by atoms with Crippen molar-refractivity contribution in [2.45, 2.75) is 13.0 Å². The molecule has 17 heavy (non-hydrogen) atoms. The number of benzene rings is 1. The molecule has 1 aromatic heterocycles. The quantitative estimate of drug-likeness (QED) is 0.850. The Labute approximate surface area is 108 Å². The van der Waals surface area contributed by atoms with Gasteiger partial charge in [-0.1, -0.05) is 30.3 Å². The van der Waals surface area contributed by atoms with Gasteiger partial charge in [-0.2, -0.15) is 0 Å². The van der Waals surface area contributed by atoms with Gasteiger partial charge in [0.15, 0.2) is 5.82 Å². The van der Waals surface area contributed by atoms with Gasteiger partial charge in [0.05, 0.1) is 0 Å². The molecule has 2 nitrogen and oxygen atoms in total. The van der Waals surface area contributed by atoms with Crippen molar-refractivity contribution in [3.63, 3.8) is 0 Å².